The lowest BCUT2D eigenvalue weighted by Gasteiger charge is -2.43. The summed E-state index contributed by atoms with van der Waals surface area (Å²) in [5.41, 5.74) is 0.913. The Morgan fingerprint density at radius 2 is 1.85 bits per heavy atom. The molecule has 2 fully saturated rings. The zero-order chi connectivity index (χ0) is 18.9. The summed E-state index contributed by atoms with van der Waals surface area (Å²) in [6, 6.07) is 9.08. The summed E-state index contributed by atoms with van der Waals surface area (Å²) in [5.74, 6) is -5.17. The molecule has 0 spiro atoms. The van der Waals surface area contributed by atoms with Crippen molar-refractivity contribution in [2.75, 3.05) is 19.6 Å². The third-order valence-corrected chi connectivity index (χ3v) is 5.62. The van der Waals surface area contributed by atoms with Gasteiger partial charge in [-0.3, -0.25) is 4.79 Å². The third kappa shape index (κ3) is 3.50. The molecule has 2 atom stereocenters. The number of rotatable bonds is 4. The number of carbonyl (C=O) groups is 2. The Kier molecular flexibility index (Phi) is 4.86. The highest BCUT2D eigenvalue weighted by Crippen LogP contribution is 2.43. The molecule has 1 heterocycles. The lowest BCUT2D eigenvalue weighted by molar-refractivity contribution is -0.187. The second kappa shape index (κ2) is 6.81. The fourth-order valence-corrected chi connectivity index (χ4v) is 3.87. The number of nitrogens with zero attached hydrogens (tertiary/aromatic N) is 1. The Morgan fingerprint density at radius 3 is 2.31 bits per heavy atom. The smallest absolute Gasteiger partial charge is 0.394 e. The van der Waals surface area contributed by atoms with E-state index in [4.69, 9.17) is 5.11 Å². The fourth-order valence-electron chi connectivity index (χ4n) is 3.87. The summed E-state index contributed by atoms with van der Waals surface area (Å²) in [4.78, 5) is 24.5. The molecule has 1 aliphatic heterocycles. The molecule has 142 valence electrons. The molecule has 1 aliphatic carbocycles. The minimum atomic E-state index is -4.64. The molecular formula is C18H21F3N2O3. The van der Waals surface area contributed by atoms with Gasteiger partial charge in [0.25, 0.3) is 0 Å². The van der Waals surface area contributed by atoms with Crippen molar-refractivity contribution >= 4 is 12.0 Å². The van der Waals surface area contributed by atoms with E-state index in [9.17, 15) is 22.8 Å². The zero-order valence-corrected chi connectivity index (χ0v) is 14.1. The maximum atomic E-state index is 13.0. The van der Waals surface area contributed by atoms with Crippen LogP contribution < -0.4 is 5.32 Å². The second-order valence-electron chi connectivity index (χ2n) is 7.16. The minimum absolute atomic E-state index is 0.188. The molecule has 2 aliphatic rings. The number of urea groups is 1. The molecular weight excluding hydrogens is 349 g/mol. The van der Waals surface area contributed by atoms with Crippen LogP contribution in [-0.2, 0) is 10.2 Å². The first kappa shape index (κ1) is 18.5. The number of aliphatic carboxylic acids is 1. The van der Waals surface area contributed by atoms with Gasteiger partial charge in [0.15, 0.2) is 0 Å². The molecule has 5 nitrogen and oxygen atoms in total. The molecule has 0 radical (unpaired) electrons. The Balaban J connectivity index is 1.64. The molecule has 0 unspecified atom stereocenters. The molecule has 2 amide bonds. The molecule has 2 N–H and O–H groups in total. The highest BCUT2D eigenvalue weighted by atomic mass is 19.4. The van der Waals surface area contributed by atoms with Gasteiger partial charge in [-0.2, -0.15) is 13.2 Å². The molecule has 1 saturated carbocycles. The fraction of sp³-hybridized carbons (Fsp3) is 0.556. The molecule has 1 aromatic rings. The van der Waals surface area contributed by atoms with Crippen LogP contribution in [0.15, 0.2) is 30.3 Å². The number of nitrogens with one attached hydrogen (secondary N) is 1. The van der Waals surface area contributed by atoms with Crippen LogP contribution in [0.5, 0.6) is 0 Å². The van der Waals surface area contributed by atoms with Crippen LogP contribution in [-0.4, -0.2) is 47.8 Å². The van der Waals surface area contributed by atoms with Gasteiger partial charge in [-0.05, 0) is 18.4 Å². The largest absolute Gasteiger partial charge is 0.481 e. The van der Waals surface area contributed by atoms with Crippen LogP contribution in [0.3, 0.4) is 0 Å². The molecule has 8 heteroatoms. The van der Waals surface area contributed by atoms with Crippen LogP contribution in [0, 0.1) is 11.8 Å². The quantitative estimate of drug-likeness (QED) is 0.856. The van der Waals surface area contributed by atoms with Gasteiger partial charge in [0.2, 0.25) is 0 Å². The van der Waals surface area contributed by atoms with E-state index < -0.39 is 43.1 Å². The highest BCUT2D eigenvalue weighted by molar-refractivity contribution is 5.78. The normalized spacial score (nSPS) is 24.8. The van der Waals surface area contributed by atoms with Crippen LogP contribution in [0.1, 0.15) is 24.8 Å². The highest BCUT2D eigenvalue weighted by Gasteiger charge is 2.53. The van der Waals surface area contributed by atoms with E-state index >= 15 is 0 Å². The van der Waals surface area contributed by atoms with Crippen molar-refractivity contribution in [3.63, 3.8) is 0 Å². The Bertz CT molecular complexity index is 674. The van der Waals surface area contributed by atoms with Gasteiger partial charge in [-0.25, -0.2) is 4.79 Å². The minimum Gasteiger partial charge on any atom is -0.481 e. The molecule has 0 aromatic heterocycles. The average molecular weight is 370 g/mol. The monoisotopic (exact) mass is 370 g/mol. The number of halogens is 3. The lowest BCUT2D eigenvalue weighted by Crippen LogP contribution is -2.49. The van der Waals surface area contributed by atoms with Crippen molar-refractivity contribution in [2.45, 2.75) is 30.9 Å². The lowest BCUT2D eigenvalue weighted by atomic mass is 9.64. The topological polar surface area (TPSA) is 69.6 Å². The van der Waals surface area contributed by atoms with E-state index in [1.165, 1.54) is 0 Å². The van der Waals surface area contributed by atoms with E-state index in [1.807, 2.05) is 30.3 Å². The Labute approximate surface area is 149 Å². The molecule has 26 heavy (non-hydrogen) atoms. The van der Waals surface area contributed by atoms with Crippen molar-refractivity contribution in [1.82, 2.24) is 10.2 Å². The Hall–Kier alpha value is -2.25. The summed E-state index contributed by atoms with van der Waals surface area (Å²) in [5, 5.41) is 11.8. The van der Waals surface area contributed by atoms with Gasteiger partial charge in [-0.15, -0.1) is 0 Å². The van der Waals surface area contributed by atoms with Crippen molar-refractivity contribution in [3.05, 3.63) is 35.9 Å². The predicted molar refractivity (Wildman–Crippen MR) is 87.6 cm³/mol. The molecule has 1 aromatic carbocycles. The predicted octanol–water partition coefficient (Wildman–Crippen LogP) is 3.01. The number of alkyl halides is 3. The number of likely N-dealkylation sites (tertiary alicyclic amines) is 1. The Morgan fingerprint density at radius 1 is 1.19 bits per heavy atom. The maximum absolute atomic E-state index is 13.0. The van der Waals surface area contributed by atoms with Crippen molar-refractivity contribution in [3.8, 4) is 0 Å². The first-order valence-electron chi connectivity index (χ1n) is 8.61. The number of hydrogen-bond acceptors (Lipinski definition) is 2. The van der Waals surface area contributed by atoms with Crippen molar-refractivity contribution in [1.29, 1.82) is 0 Å². The summed E-state index contributed by atoms with van der Waals surface area (Å²) in [6.07, 6.45) is -1.80. The van der Waals surface area contributed by atoms with E-state index in [0.717, 1.165) is 29.7 Å². The van der Waals surface area contributed by atoms with E-state index in [-0.39, 0.29) is 5.41 Å². The standard InChI is InChI=1S/C18H21F3N2O3/c19-18(20,21)14-10-23(9-13(14)15(24)25)16(26)22-11-17(7-4-8-17)12-5-2-1-3-6-12/h1-3,5-6,13-14H,4,7-11H2,(H,22,26)(H,24,25)/t13-,14-/m1/s1. The SMILES string of the molecule is O=C(O)[C@@H]1CN(C(=O)NCC2(c3ccccc3)CCC2)C[C@H]1C(F)(F)F. The van der Waals surface area contributed by atoms with Crippen molar-refractivity contribution in [2.24, 2.45) is 11.8 Å². The number of carboxylic acids is 1. The van der Waals surface area contributed by atoms with Crippen LogP contribution in [0.25, 0.3) is 0 Å². The summed E-state index contributed by atoms with van der Waals surface area (Å²) < 4.78 is 39.1. The zero-order valence-electron chi connectivity index (χ0n) is 14.1. The first-order chi connectivity index (χ1) is 12.2. The average Bonchev–Trinajstić information content (AvgIpc) is 3.00. The summed E-state index contributed by atoms with van der Waals surface area (Å²) in [7, 11) is 0. The first-order valence-corrected chi connectivity index (χ1v) is 8.61. The van der Waals surface area contributed by atoms with Gasteiger partial charge < -0.3 is 15.3 Å². The van der Waals surface area contributed by atoms with Crippen molar-refractivity contribution < 1.29 is 27.9 Å². The van der Waals surface area contributed by atoms with E-state index in [0.29, 0.717) is 6.54 Å². The van der Waals surface area contributed by atoms with Crippen LogP contribution in [0.2, 0.25) is 0 Å². The van der Waals surface area contributed by atoms with E-state index in [2.05, 4.69) is 5.32 Å². The molecule has 1 saturated heterocycles. The number of carbonyl (C=O) groups excluding carboxylic acids is 1. The summed E-state index contributed by atoms with van der Waals surface area (Å²) in [6.45, 7) is -0.713. The maximum Gasteiger partial charge on any atom is 0.394 e. The van der Waals surface area contributed by atoms with E-state index in [1.54, 1.807) is 0 Å². The van der Waals surface area contributed by atoms with Gasteiger partial charge >= 0.3 is 18.2 Å². The van der Waals surface area contributed by atoms with Crippen LogP contribution >= 0.6 is 0 Å². The van der Waals surface area contributed by atoms with Gasteiger partial charge in [-0.1, -0.05) is 36.8 Å². The molecule has 0 bridgehead atoms. The van der Waals surface area contributed by atoms with Crippen LogP contribution in [0.4, 0.5) is 18.0 Å². The number of hydrogen-bond donors (Lipinski definition) is 2. The molecule has 3 rings (SSSR count). The number of carboxylic acid groups (broad SMARTS) is 1. The second-order valence-corrected chi connectivity index (χ2v) is 7.16. The van der Waals surface area contributed by atoms with Gasteiger partial charge in [0.05, 0.1) is 11.8 Å². The number of benzene rings is 1. The van der Waals surface area contributed by atoms with Gasteiger partial charge in [0, 0.05) is 25.0 Å². The number of amides is 2. The third-order valence-electron chi connectivity index (χ3n) is 5.62. The van der Waals surface area contributed by atoms with Gasteiger partial charge in [0.1, 0.15) is 0 Å². The summed E-state index contributed by atoms with van der Waals surface area (Å²) >= 11 is 0.